The van der Waals surface area contributed by atoms with Gasteiger partial charge in [-0.3, -0.25) is 15.0 Å². The molecule has 0 radical (unpaired) electrons. The second-order valence-corrected chi connectivity index (χ2v) is 11.0. The van der Waals surface area contributed by atoms with Crippen molar-refractivity contribution in [2.45, 2.75) is 0 Å². The molecule has 5 aromatic heterocycles. The summed E-state index contributed by atoms with van der Waals surface area (Å²) in [4.78, 5) is 18.3. The van der Waals surface area contributed by atoms with Gasteiger partial charge in [-0.05, 0) is 75.4 Å². The smallest absolute Gasteiger partial charge is 0.481 e. The van der Waals surface area contributed by atoms with Gasteiger partial charge < -0.3 is 14.0 Å². The Morgan fingerprint density at radius 3 is 2.26 bits per heavy atom. The average Bonchev–Trinajstić information content (AvgIpc) is 3.71. The number of rotatable bonds is 5. The SMILES string of the molecule is [Pt+2].[c-]1c(-c2ccccn2)cccc1-n1c2[c-]c(-c3nc4ccccc4o3)c(-c3cccnc3)cc2c2cc(-c3cccnc3)ccc21. The van der Waals surface area contributed by atoms with Crippen molar-refractivity contribution in [2.24, 2.45) is 0 Å². The first-order valence-electron chi connectivity index (χ1n) is 15.0. The van der Waals surface area contributed by atoms with E-state index in [9.17, 15) is 0 Å². The van der Waals surface area contributed by atoms with Crippen LogP contribution >= 0.6 is 0 Å². The van der Waals surface area contributed by atoms with Crippen LogP contribution in [0.4, 0.5) is 0 Å². The molecule has 0 saturated heterocycles. The molecule has 0 bridgehead atoms. The van der Waals surface area contributed by atoms with Crippen LogP contribution in [0.2, 0.25) is 0 Å². The van der Waals surface area contributed by atoms with Crippen LogP contribution in [0, 0.1) is 12.1 Å². The fourth-order valence-electron chi connectivity index (χ4n) is 6.11. The fourth-order valence-corrected chi connectivity index (χ4v) is 6.11. The van der Waals surface area contributed by atoms with E-state index in [0.717, 1.165) is 77.7 Å². The Hall–Kier alpha value is -5.71. The van der Waals surface area contributed by atoms with Crippen molar-refractivity contribution < 1.29 is 25.5 Å². The van der Waals surface area contributed by atoms with Gasteiger partial charge in [0.1, 0.15) is 11.5 Å². The molecule has 9 rings (SSSR count). The van der Waals surface area contributed by atoms with Gasteiger partial charge in [0.05, 0.1) is 5.52 Å². The maximum Gasteiger partial charge on any atom is 2.00 e. The molecule has 0 amide bonds. The van der Waals surface area contributed by atoms with E-state index < -0.39 is 0 Å². The van der Waals surface area contributed by atoms with Crippen molar-refractivity contribution in [1.82, 2.24) is 24.5 Å². The molecule has 0 fully saturated rings. The van der Waals surface area contributed by atoms with Crippen molar-refractivity contribution in [1.29, 1.82) is 0 Å². The minimum Gasteiger partial charge on any atom is -0.481 e. The molecule has 0 atom stereocenters. The van der Waals surface area contributed by atoms with Crippen LogP contribution < -0.4 is 0 Å². The number of para-hydroxylation sites is 2. The maximum absolute atomic E-state index is 6.34. The Kier molecular flexibility index (Phi) is 7.28. The van der Waals surface area contributed by atoms with Gasteiger partial charge in [-0.1, -0.05) is 65.0 Å². The molecule has 0 aliphatic carbocycles. The zero-order chi connectivity index (χ0) is 30.5. The first-order valence-corrected chi connectivity index (χ1v) is 15.0. The van der Waals surface area contributed by atoms with Gasteiger partial charge in [-0.15, -0.1) is 42.0 Å². The van der Waals surface area contributed by atoms with E-state index in [0.29, 0.717) is 5.89 Å². The van der Waals surface area contributed by atoms with Crippen molar-refractivity contribution in [2.75, 3.05) is 0 Å². The third-order valence-electron chi connectivity index (χ3n) is 8.24. The molecular weight excluding hydrogens is 762 g/mol. The first kappa shape index (κ1) is 28.7. The van der Waals surface area contributed by atoms with Gasteiger partial charge in [0.2, 0.25) is 0 Å². The quantitative estimate of drug-likeness (QED) is 0.163. The Labute approximate surface area is 284 Å². The summed E-state index contributed by atoms with van der Waals surface area (Å²) in [5.41, 5.74) is 10.9. The number of hydrogen-bond donors (Lipinski definition) is 0. The van der Waals surface area contributed by atoms with Crippen LogP contribution in [0.5, 0.6) is 0 Å². The van der Waals surface area contributed by atoms with Crippen molar-refractivity contribution >= 4 is 32.9 Å². The molecule has 47 heavy (non-hydrogen) atoms. The molecule has 0 unspecified atom stereocenters. The van der Waals surface area contributed by atoms with Crippen LogP contribution in [0.15, 0.2) is 145 Å². The minimum absolute atomic E-state index is 0. The number of aromatic nitrogens is 5. The van der Waals surface area contributed by atoms with Crippen molar-refractivity contribution in [3.8, 4) is 50.7 Å². The van der Waals surface area contributed by atoms with Crippen molar-refractivity contribution in [3.05, 3.63) is 152 Å². The molecule has 0 spiro atoms. The van der Waals surface area contributed by atoms with Crippen molar-refractivity contribution in [3.63, 3.8) is 0 Å². The average molecular weight is 785 g/mol. The fraction of sp³-hybridized carbons (Fsp3) is 0. The number of oxazole rings is 1. The number of benzene rings is 4. The van der Waals surface area contributed by atoms with E-state index in [4.69, 9.17) is 9.40 Å². The second kappa shape index (κ2) is 11.9. The van der Waals surface area contributed by atoms with E-state index in [-0.39, 0.29) is 21.1 Å². The molecule has 6 nitrogen and oxygen atoms in total. The summed E-state index contributed by atoms with van der Waals surface area (Å²) in [6.45, 7) is 0. The number of fused-ring (bicyclic) bond motifs is 4. The molecule has 5 heterocycles. The molecule has 0 aliphatic rings. The van der Waals surface area contributed by atoms with Crippen LogP contribution in [-0.2, 0) is 21.1 Å². The predicted octanol–water partition coefficient (Wildman–Crippen LogP) is 9.38. The maximum atomic E-state index is 6.34. The van der Waals surface area contributed by atoms with Crippen LogP contribution in [0.1, 0.15) is 0 Å². The molecule has 0 aliphatic heterocycles. The van der Waals surface area contributed by atoms with Gasteiger partial charge >= 0.3 is 21.1 Å². The molecule has 4 aromatic carbocycles. The Bertz CT molecular complexity index is 2490. The summed E-state index contributed by atoms with van der Waals surface area (Å²) < 4.78 is 8.56. The van der Waals surface area contributed by atoms with Gasteiger partial charge in [0, 0.05) is 36.5 Å². The summed E-state index contributed by atoms with van der Waals surface area (Å²) in [6, 6.07) is 44.1. The summed E-state index contributed by atoms with van der Waals surface area (Å²) >= 11 is 0. The molecule has 0 N–H and O–H groups in total. The van der Waals surface area contributed by atoms with Crippen LogP contribution in [-0.4, -0.2) is 24.5 Å². The monoisotopic (exact) mass is 784 g/mol. The minimum atomic E-state index is 0. The normalized spacial score (nSPS) is 11.2. The largest absolute Gasteiger partial charge is 2.00 e. The van der Waals surface area contributed by atoms with Gasteiger partial charge in [-0.25, -0.2) is 0 Å². The standard InChI is InChI=1S/C40H23N5O.Pt/c1-2-14-39-36(13-1)44-40(46-39)34-23-38-33(22-31(34)29-10-7-18-42-25-29)32-21-26(28-9-6-17-41-24-28)15-16-37(32)45(38)30-11-5-8-27(20-30)35-12-3-4-19-43-35;/h1-19,21-22,24-25H;/q-2;+2. The second-order valence-electron chi connectivity index (χ2n) is 11.0. The topological polar surface area (TPSA) is 69.6 Å². The van der Waals surface area contributed by atoms with Gasteiger partial charge in [0.25, 0.3) is 0 Å². The zero-order valence-electron chi connectivity index (χ0n) is 24.7. The van der Waals surface area contributed by atoms with E-state index in [1.807, 2.05) is 79.1 Å². The summed E-state index contributed by atoms with van der Waals surface area (Å²) in [5, 5.41) is 2.12. The summed E-state index contributed by atoms with van der Waals surface area (Å²) in [6.07, 6.45) is 9.13. The molecule has 224 valence electrons. The number of pyridine rings is 3. The third-order valence-corrected chi connectivity index (χ3v) is 8.24. The number of nitrogens with zero attached hydrogens (tertiary/aromatic N) is 5. The van der Waals surface area contributed by atoms with Gasteiger partial charge in [-0.2, -0.15) is 0 Å². The predicted molar refractivity (Wildman–Crippen MR) is 181 cm³/mol. The zero-order valence-corrected chi connectivity index (χ0v) is 27.0. The molecule has 0 saturated carbocycles. The van der Waals surface area contributed by atoms with Gasteiger partial charge in [0.15, 0.2) is 0 Å². The van der Waals surface area contributed by atoms with E-state index >= 15 is 0 Å². The van der Waals surface area contributed by atoms with E-state index in [2.05, 4.69) is 74.1 Å². The Morgan fingerprint density at radius 2 is 1.47 bits per heavy atom. The Balaban J connectivity index is 0.00000324. The third kappa shape index (κ3) is 5.04. The van der Waals surface area contributed by atoms with Crippen LogP contribution in [0.25, 0.3) is 83.6 Å². The van der Waals surface area contributed by atoms with E-state index in [1.165, 1.54) is 0 Å². The summed E-state index contributed by atoms with van der Waals surface area (Å²) in [5.74, 6) is 0.501. The first-order chi connectivity index (χ1) is 22.8. The molecule has 9 aromatic rings. The van der Waals surface area contributed by atoms with E-state index in [1.54, 1.807) is 18.6 Å². The summed E-state index contributed by atoms with van der Waals surface area (Å²) in [7, 11) is 0. The molecule has 7 heteroatoms. The van der Waals surface area contributed by atoms with Crippen LogP contribution in [0.3, 0.4) is 0 Å². The molecular formula is C40H23N5OPt. The number of hydrogen-bond acceptors (Lipinski definition) is 5. The Morgan fingerprint density at radius 1 is 0.638 bits per heavy atom.